The number of hydrogen-bond donors (Lipinski definition) is 2. The van der Waals surface area contributed by atoms with Crippen molar-refractivity contribution in [1.29, 1.82) is 0 Å². The van der Waals surface area contributed by atoms with Gasteiger partial charge in [-0.1, -0.05) is 0 Å². The number of pyridine rings is 2. The van der Waals surface area contributed by atoms with E-state index in [4.69, 9.17) is 0 Å². The number of rotatable bonds is 9. The summed E-state index contributed by atoms with van der Waals surface area (Å²) in [6.07, 6.45) is 3.10. The van der Waals surface area contributed by atoms with Gasteiger partial charge in [0, 0.05) is 50.9 Å². The van der Waals surface area contributed by atoms with Crippen molar-refractivity contribution in [2.75, 3.05) is 75.9 Å². The van der Waals surface area contributed by atoms with E-state index in [1.807, 2.05) is 37.0 Å². The lowest BCUT2D eigenvalue weighted by molar-refractivity contribution is -0.384. The smallest absolute Gasteiger partial charge is 0.328 e. The molecule has 1 fully saturated rings. The number of anilines is 3. The Morgan fingerprint density at radius 2 is 2.05 bits per heavy atom. The Kier molecular flexibility index (Phi) is 8.66. The number of hydrogen-bond acceptors (Lipinski definition) is 10. The summed E-state index contributed by atoms with van der Waals surface area (Å²) in [5.74, 6) is 0.511. The number of nitrogens with zero attached hydrogens (tertiary/aromatic N) is 7. The van der Waals surface area contributed by atoms with Crippen molar-refractivity contribution in [3.63, 3.8) is 0 Å². The third-order valence-electron chi connectivity index (χ3n) is 6.69. The highest BCUT2D eigenvalue weighted by Crippen LogP contribution is 2.30. The molecule has 0 atom stereocenters. The Morgan fingerprint density at radius 1 is 1.26 bits per heavy atom. The highest BCUT2D eigenvalue weighted by molar-refractivity contribution is 6.02. The molecule has 0 radical (unpaired) electrons. The van der Waals surface area contributed by atoms with Crippen LogP contribution in [-0.2, 0) is 17.8 Å². The second kappa shape index (κ2) is 12.1. The van der Waals surface area contributed by atoms with Gasteiger partial charge in [0.25, 0.3) is 0 Å². The molecule has 0 aliphatic carbocycles. The van der Waals surface area contributed by atoms with Gasteiger partial charge in [0.2, 0.25) is 5.91 Å². The third-order valence-corrected chi connectivity index (χ3v) is 6.69. The molecule has 3 amide bonds. The van der Waals surface area contributed by atoms with Crippen LogP contribution in [0.25, 0.3) is 0 Å². The molecule has 14 heteroatoms. The summed E-state index contributed by atoms with van der Waals surface area (Å²) in [6.45, 7) is 3.41. The molecule has 0 saturated carbocycles. The first-order valence-electron chi connectivity index (χ1n) is 12.7. The molecular weight excluding hydrogens is 506 g/mol. The van der Waals surface area contributed by atoms with Crippen LogP contribution < -0.4 is 15.5 Å². The number of aromatic nitrogens is 2. The zero-order valence-electron chi connectivity index (χ0n) is 22.3. The van der Waals surface area contributed by atoms with Crippen molar-refractivity contribution in [1.82, 2.24) is 24.7 Å². The Morgan fingerprint density at radius 3 is 2.74 bits per heavy atom. The Hall–Kier alpha value is -4.17. The average Bonchev–Trinajstić information content (AvgIpc) is 2.89. The van der Waals surface area contributed by atoms with Gasteiger partial charge >= 0.3 is 11.7 Å². The molecule has 0 spiro atoms. The number of carbonyl (C=O) groups is 3. The van der Waals surface area contributed by atoms with Gasteiger partial charge in [0.1, 0.15) is 29.2 Å². The van der Waals surface area contributed by atoms with Gasteiger partial charge < -0.3 is 15.1 Å². The van der Waals surface area contributed by atoms with Gasteiger partial charge in [-0.05, 0) is 45.6 Å². The summed E-state index contributed by atoms with van der Waals surface area (Å²) in [6, 6.07) is 2.77. The molecule has 2 aliphatic rings. The number of fused-ring (bicyclic) bond motifs is 1. The predicted molar refractivity (Wildman–Crippen MR) is 145 cm³/mol. The quantitative estimate of drug-likeness (QED) is 0.271. The zero-order chi connectivity index (χ0) is 28.1. The summed E-state index contributed by atoms with van der Waals surface area (Å²) in [5, 5.41) is 17.2. The van der Waals surface area contributed by atoms with Crippen molar-refractivity contribution in [3.8, 4) is 0 Å². The molecule has 2 aromatic heterocycles. The summed E-state index contributed by atoms with van der Waals surface area (Å²) < 4.78 is 0. The molecule has 14 nitrogen and oxygen atoms in total. The largest absolute Gasteiger partial charge is 0.378 e. The zero-order valence-corrected chi connectivity index (χ0v) is 22.3. The van der Waals surface area contributed by atoms with Gasteiger partial charge in [0.05, 0.1) is 11.5 Å². The van der Waals surface area contributed by atoms with E-state index in [1.54, 1.807) is 4.90 Å². The normalized spacial score (nSPS) is 15.7. The molecule has 39 heavy (non-hydrogen) atoms. The van der Waals surface area contributed by atoms with Crippen LogP contribution in [0.5, 0.6) is 0 Å². The van der Waals surface area contributed by atoms with E-state index in [9.17, 15) is 24.5 Å². The van der Waals surface area contributed by atoms with Crippen LogP contribution in [0.15, 0.2) is 18.3 Å². The van der Waals surface area contributed by atoms with E-state index in [0.29, 0.717) is 63.2 Å². The molecule has 4 rings (SSSR count). The number of aldehydes is 1. The molecule has 1 saturated heterocycles. The molecule has 0 bridgehead atoms. The molecule has 2 aromatic rings. The lowest BCUT2D eigenvalue weighted by atomic mass is 10.0. The Balaban J connectivity index is 1.53. The second-order valence-electron chi connectivity index (χ2n) is 9.95. The van der Waals surface area contributed by atoms with Crippen LogP contribution in [0.2, 0.25) is 0 Å². The monoisotopic (exact) mass is 539 g/mol. The first-order chi connectivity index (χ1) is 18.7. The van der Waals surface area contributed by atoms with Crippen LogP contribution in [0.3, 0.4) is 0 Å². The number of nitro groups is 1. The minimum Gasteiger partial charge on any atom is -0.378 e. The van der Waals surface area contributed by atoms with Crippen LogP contribution in [0, 0.1) is 10.1 Å². The second-order valence-corrected chi connectivity index (χ2v) is 9.95. The molecule has 2 N–H and O–H groups in total. The van der Waals surface area contributed by atoms with Crippen molar-refractivity contribution < 1.29 is 19.3 Å². The summed E-state index contributed by atoms with van der Waals surface area (Å²) in [7, 11) is 5.67. The van der Waals surface area contributed by atoms with E-state index >= 15 is 0 Å². The molecular formula is C25H33N9O5. The molecule has 0 aromatic carbocycles. The minimum atomic E-state index is -0.532. The Labute approximate surface area is 226 Å². The van der Waals surface area contributed by atoms with Gasteiger partial charge in [-0.15, -0.1) is 0 Å². The molecule has 2 aliphatic heterocycles. The maximum absolute atomic E-state index is 13.3. The van der Waals surface area contributed by atoms with Gasteiger partial charge in [-0.2, -0.15) is 0 Å². The van der Waals surface area contributed by atoms with Crippen LogP contribution >= 0.6 is 0 Å². The highest BCUT2D eigenvalue weighted by atomic mass is 16.6. The number of likely N-dealkylation sites (N-methyl/N-ethyl adjacent to an activating group) is 2. The SMILES string of the molecule is CN(C)CCNc1cc(NC(=O)N2CCCc3cc(CN4CCN(C)CC4=O)c(C=O)nc32)ncc1[N+](=O)[O-]. The van der Waals surface area contributed by atoms with E-state index in [1.165, 1.54) is 11.0 Å². The van der Waals surface area contributed by atoms with Crippen molar-refractivity contribution in [3.05, 3.63) is 45.3 Å². The van der Waals surface area contributed by atoms with Gasteiger partial charge in [-0.3, -0.25) is 34.8 Å². The topological polar surface area (TPSA) is 157 Å². The Bertz CT molecular complexity index is 1270. The highest BCUT2D eigenvalue weighted by Gasteiger charge is 2.28. The predicted octanol–water partition coefficient (Wildman–Crippen LogP) is 1.43. The number of piperazine rings is 1. The lowest BCUT2D eigenvalue weighted by Gasteiger charge is -2.33. The number of aryl methyl sites for hydroxylation is 1. The summed E-state index contributed by atoms with van der Waals surface area (Å²) in [5.41, 5.74) is 1.69. The maximum atomic E-state index is 13.3. The first-order valence-corrected chi connectivity index (χ1v) is 12.7. The molecule has 0 unspecified atom stereocenters. The molecule has 208 valence electrons. The fraction of sp³-hybridized carbons (Fsp3) is 0.480. The first kappa shape index (κ1) is 27.9. The van der Waals surface area contributed by atoms with Crippen LogP contribution in [-0.4, -0.2) is 108 Å². The number of urea groups is 1. The van der Waals surface area contributed by atoms with E-state index in [2.05, 4.69) is 20.6 Å². The fourth-order valence-electron chi connectivity index (χ4n) is 4.58. The van der Waals surface area contributed by atoms with Crippen molar-refractivity contribution in [2.45, 2.75) is 19.4 Å². The number of carbonyl (C=O) groups excluding carboxylic acids is 3. The molecule has 4 heterocycles. The van der Waals surface area contributed by atoms with Crippen LogP contribution in [0.1, 0.15) is 28.0 Å². The van der Waals surface area contributed by atoms with Crippen LogP contribution in [0.4, 0.5) is 27.8 Å². The lowest BCUT2D eigenvalue weighted by Crippen LogP contribution is -2.48. The van der Waals surface area contributed by atoms with Crippen molar-refractivity contribution in [2.24, 2.45) is 0 Å². The van der Waals surface area contributed by atoms with E-state index < -0.39 is 11.0 Å². The van der Waals surface area contributed by atoms with Crippen molar-refractivity contribution >= 4 is 41.2 Å². The third kappa shape index (κ3) is 6.64. The van der Waals surface area contributed by atoms with Gasteiger partial charge in [0.15, 0.2) is 6.29 Å². The summed E-state index contributed by atoms with van der Waals surface area (Å²) in [4.78, 5) is 64.2. The maximum Gasteiger partial charge on any atom is 0.328 e. The number of nitrogens with one attached hydrogen (secondary N) is 2. The fourth-order valence-corrected chi connectivity index (χ4v) is 4.58. The standard InChI is InChI=1S/C25H33N9O5/c1-30(2)8-6-26-19-12-22(27-13-21(19)34(38)39)29-25(37)33-7-4-5-17-11-18(20(16-35)28-24(17)33)14-32-10-9-31(3)15-23(32)36/h11-13,16H,4-10,14-15H2,1-3H3,(H2,26,27,29,37). The van der Waals surface area contributed by atoms with E-state index in [-0.39, 0.29) is 35.3 Å². The number of amides is 3. The minimum absolute atomic E-state index is 0.00880. The average molecular weight is 540 g/mol. The van der Waals surface area contributed by atoms with E-state index in [0.717, 1.165) is 18.3 Å². The van der Waals surface area contributed by atoms with Gasteiger partial charge in [-0.25, -0.2) is 14.8 Å². The summed E-state index contributed by atoms with van der Waals surface area (Å²) >= 11 is 0.